The third-order valence-electron chi connectivity index (χ3n) is 8.71. The summed E-state index contributed by atoms with van der Waals surface area (Å²) in [6, 6.07) is 9.36. The van der Waals surface area contributed by atoms with E-state index < -0.39 is 35.7 Å². The molecule has 6 heteroatoms. The number of rotatable bonds is 4. The summed E-state index contributed by atoms with van der Waals surface area (Å²) in [7, 11) is 0. The van der Waals surface area contributed by atoms with Crippen LogP contribution in [0.1, 0.15) is 59.4 Å². The topological polar surface area (TPSA) is 89.9 Å². The lowest BCUT2D eigenvalue weighted by Crippen LogP contribution is -2.54. The first-order valence-corrected chi connectivity index (χ1v) is 13.1. The molecular formula is C31H38O6. The molecule has 0 bridgehead atoms. The normalized spacial score (nSPS) is 36.5. The molecule has 37 heavy (non-hydrogen) atoms. The van der Waals surface area contributed by atoms with E-state index in [1.54, 1.807) is 13.0 Å². The first kappa shape index (κ1) is 27.1. The summed E-state index contributed by atoms with van der Waals surface area (Å²) >= 11 is 0. The number of esters is 2. The molecule has 0 unspecified atom stereocenters. The van der Waals surface area contributed by atoms with E-state index in [1.807, 2.05) is 43.3 Å². The molecule has 0 aromatic heterocycles. The van der Waals surface area contributed by atoms with Crippen molar-refractivity contribution in [2.75, 3.05) is 0 Å². The summed E-state index contributed by atoms with van der Waals surface area (Å²) in [5.41, 5.74) is 0.338. The summed E-state index contributed by atoms with van der Waals surface area (Å²) in [4.78, 5) is 39.5. The van der Waals surface area contributed by atoms with Crippen LogP contribution >= 0.6 is 0 Å². The first-order chi connectivity index (χ1) is 17.4. The van der Waals surface area contributed by atoms with Crippen molar-refractivity contribution < 1.29 is 29.0 Å². The van der Waals surface area contributed by atoms with Gasteiger partial charge in [0, 0.05) is 19.4 Å². The van der Waals surface area contributed by atoms with E-state index in [0.29, 0.717) is 23.5 Å². The second-order valence-electron chi connectivity index (χ2n) is 11.6. The van der Waals surface area contributed by atoms with Crippen molar-refractivity contribution in [1.82, 2.24) is 0 Å². The highest BCUT2D eigenvalue weighted by Crippen LogP contribution is 2.62. The predicted octanol–water partition coefficient (Wildman–Crippen LogP) is 5.07. The fraction of sp³-hybridized carbons (Fsp3) is 0.516. The Morgan fingerprint density at radius 1 is 1.19 bits per heavy atom. The molecule has 3 aliphatic carbocycles. The van der Waals surface area contributed by atoms with Gasteiger partial charge in [0.15, 0.2) is 5.60 Å². The maximum Gasteiger partial charge on any atom is 0.331 e. The lowest BCUT2D eigenvalue weighted by atomic mass is 9.76. The van der Waals surface area contributed by atoms with Gasteiger partial charge < -0.3 is 14.6 Å². The molecular weight excluding hydrogens is 468 g/mol. The standard InChI is InChI=1S/C31H38O6/c1-18-12-14-23-24(30(23,5)6)16-19(2)29(35)31(37-21(4)32)17-20(3)27(34)26(31)28(18)36-25(33)15-13-22-10-8-7-9-11-22/h7-11,13,15-16,20,23-24,26-28,34H,1,12,14,17H2,2-6H3/b15-13+,19-16+/t20-,23-,24+,26+,27-,28-,31+/m0/s1. The van der Waals surface area contributed by atoms with Gasteiger partial charge in [-0.05, 0) is 65.7 Å². The van der Waals surface area contributed by atoms with Gasteiger partial charge in [0.25, 0.3) is 0 Å². The van der Waals surface area contributed by atoms with Crippen LogP contribution < -0.4 is 0 Å². The maximum absolute atomic E-state index is 14.1. The Balaban J connectivity index is 1.77. The number of carbonyl (C=O) groups is 3. The molecule has 198 valence electrons. The van der Waals surface area contributed by atoms with Gasteiger partial charge in [-0.15, -0.1) is 0 Å². The van der Waals surface area contributed by atoms with Crippen molar-refractivity contribution in [2.24, 2.45) is 29.1 Å². The number of carbonyl (C=O) groups excluding carboxylic acids is 3. The Kier molecular flexibility index (Phi) is 7.35. The monoisotopic (exact) mass is 506 g/mol. The van der Waals surface area contributed by atoms with Gasteiger partial charge in [0.2, 0.25) is 5.78 Å². The van der Waals surface area contributed by atoms with E-state index in [2.05, 4.69) is 20.4 Å². The minimum absolute atomic E-state index is 0.0299. The minimum atomic E-state index is -1.65. The highest BCUT2D eigenvalue weighted by Gasteiger charge is 2.64. The molecule has 0 saturated heterocycles. The number of fused-ring (bicyclic) bond motifs is 2. The van der Waals surface area contributed by atoms with E-state index >= 15 is 0 Å². The van der Waals surface area contributed by atoms with Crippen molar-refractivity contribution in [3.05, 3.63) is 65.8 Å². The second-order valence-corrected chi connectivity index (χ2v) is 11.6. The number of Topliss-reactive ketones (excluding diaryl/α,β-unsaturated/α-hetero) is 1. The quantitative estimate of drug-likeness (QED) is 0.348. The van der Waals surface area contributed by atoms with Gasteiger partial charge >= 0.3 is 11.9 Å². The van der Waals surface area contributed by atoms with Crippen LogP contribution in [-0.2, 0) is 23.9 Å². The third kappa shape index (κ3) is 5.08. The number of ketones is 1. The number of hydrogen-bond donors (Lipinski definition) is 1. The van der Waals surface area contributed by atoms with Crippen LogP contribution in [0.3, 0.4) is 0 Å². The molecule has 2 fully saturated rings. The predicted molar refractivity (Wildman–Crippen MR) is 141 cm³/mol. The van der Waals surface area contributed by atoms with E-state index in [1.165, 1.54) is 13.0 Å². The number of allylic oxidation sites excluding steroid dienone is 1. The highest BCUT2D eigenvalue weighted by molar-refractivity contribution is 6.03. The molecule has 0 aliphatic heterocycles. The highest BCUT2D eigenvalue weighted by atomic mass is 16.6. The maximum atomic E-state index is 14.1. The number of ether oxygens (including phenoxy) is 2. The van der Waals surface area contributed by atoms with Crippen LogP contribution in [0.25, 0.3) is 6.08 Å². The van der Waals surface area contributed by atoms with Crippen LogP contribution in [0, 0.1) is 29.1 Å². The summed E-state index contributed by atoms with van der Waals surface area (Å²) in [6.45, 7) is 13.5. The van der Waals surface area contributed by atoms with E-state index in [9.17, 15) is 19.5 Å². The zero-order valence-corrected chi connectivity index (χ0v) is 22.4. The summed E-state index contributed by atoms with van der Waals surface area (Å²) < 4.78 is 11.8. The number of benzene rings is 1. The van der Waals surface area contributed by atoms with Crippen molar-refractivity contribution >= 4 is 23.8 Å². The third-order valence-corrected chi connectivity index (χ3v) is 8.71. The average molecular weight is 507 g/mol. The van der Waals surface area contributed by atoms with E-state index in [-0.39, 0.29) is 29.5 Å². The zero-order valence-electron chi connectivity index (χ0n) is 22.4. The summed E-state index contributed by atoms with van der Waals surface area (Å²) in [6.07, 6.45) is 4.49. The van der Waals surface area contributed by atoms with Crippen molar-refractivity contribution in [3.63, 3.8) is 0 Å². The Morgan fingerprint density at radius 3 is 2.51 bits per heavy atom. The first-order valence-electron chi connectivity index (χ1n) is 13.1. The molecule has 1 N–H and O–H groups in total. The zero-order chi connectivity index (χ0) is 27.1. The summed E-state index contributed by atoms with van der Waals surface area (Å²) in [5.74, 6) is -2.33. The lowest BCUT2D eigenvalue weighted by molar-refractivity contribution is -0.178. The lowest BCUT2D eigenvalue weighted by Gasteiger charge is -2.39. The second kappa shape index (κ2) is 10.1. The van der Waals surface area contributed by atoms with Crippen molar-refractivity contribution in [2.45, 2.75) is 71.7 Å². The molecule has 3 aliphatic rings. The number of hydrogen-bond acceptors (Lipinski definition) is 6. The minimum Gasteiger partial charge on any atom is -0.454 e. The van der Waals surface area contributed by atoms with Gasteiger partial charge in [-0.3, -0.25) is 9.59 Å². The smallest absolute Gasteiger partial charge is 0.331 e. The van der Waals surface area contributed by atoms with Gasteiger partial charge in [-0.1, -0.05) is 63.8 Å². The van der Waals surface area contributed by atoms with Gasteiger partial charge in [0.05, 0.1) is 12.0 Å². The average Bonchev–Trinajstić information content (AvgIpc) is 3.25. The Hall–Kier alpha value is -2.99. The molecule has 0 radical (unpaired) electrons. The molecule has 1 aromatic carbocycles. The SMILES string of the molecule is C=C1CC[C@H]2[C@@H](/C=C(\C)C(=O)[C@@]3(OC(C)=O)C[C@H](C)[C@H](O)[C@@H]3[C@H]1OC(=O)/C=C/c1ccccc1)C2(C)C. The fourth-order valence-electron chi connectivity index (χ4n) is 6.58. The molecule has 0 amide bonds. The van der Waals surface area contributed by atoms with Crippen LogP contribution in [0.5, 0.6) is 0 Å². The fourth-order valence-corrected chi connectivity index (χ4v) is 6.58. The van der Waals surface area contributed by atoms with Crippen molar-refractivity contribution in [1.29, 1.82) is 0 Å². The molecule has 2 saturated carbocycles. The van der Waals surface area contributed by atoms with Gasteiger partial charge in [-0.25, -0.2) is 4.79 Å². The van der Waals surface area contributed by atoms with Crippen molar-refractivity contribution in [3.8, 4) is 0 Å². The molecule has 4 rings (SSSR count). The molecule has 0 heterocycles. The van der Waals surface area contributed by atoms with Crippen LogP contribution in [0.4, 0.5) is 0 Å². The van der Waals surface area contributed by atoms with Crippen LogP contribution in [0.15, 0.2) is 60.2 Å². The molecule has 7 atom stereocenters. The van der Waals surface area contributed by atoms with Crippen LogP contribution in [0.2, 0.25) is 0 Å². The Morgan fingerprint density at radius 2 is 1.86 bits per heavy atom. The largest absolute Gasteiger partial charge is 0.454 e. The van der Waals surface area contributed by atoms with Crippen LogP contribution in [-0.4, -0.2) is 40.6 Å². The van der Waals surface area contributed by atoms with E-state index in [0.717, 1.165) is 12.0 Å². The Labute approximate surface area is 219 Å². The van der Waals surface area contributed by atoms with Gasteiger partial charge in [0.1, 0.15) is 6.10 Å². The molecule has 6 nitrogen and oxygen atoms in total. The molecule has 0 spiro atoms. The van der Waals surface area contributed by atoms with E-state index in [4.69, 9.17) is 9.47 Å². The van der Waals surface area contributed by atoms with Gasteiger partial charge in [-0.2, -0.15) is 0 Å². The number of aliphatic hydroxyl groups excluding tert-OH is 1. The Bertz CT molecular complexity index is 1150. The molecule has 1 aromatic rings. The number of aliphatic hydroxyl groups is 1. The summed E-state index contributed by atoms with van der Waals surface area (Å²) in [5, 5.41) is 11.4.